The molecule has 9 nitrogen and oxygen atoms in total. The molecule has 0 spiro atoms. The Kier molecular flexibility index (Phi) is 5.64. The van der Waals surface area contributed by atoms with Gasteiger partial charge in [-0.1, -0.05) is 11.8 Å². The summed E-state index contributed by atoms with van der Waals surface area (Å²) in [4.78, 5) is 26.7. The van der Waals surface area contributed by atoms with Crippen LogP contribution in [0.2, 0.25) is 0 Å². The molecule has 3 rings (SSSR count). The van der Waals surface area contributed by atoms with Gasteiger partial charge in [0.2, 0.25) is 11.8 Å². The first-order valence-corrected chi connectivity index (χ1v) is 8.66. The van der Waals surface area contributed by atoms with Crippen molar-refractivity contribution in [2.45, 2.75) is 18.6 Å². The van der Waals surface area contributed by atoms with Gasteiger partial charge in [-0.25, -0.2) is 0 Å². The van der Waals surface area contributed by atoms with Gasteiger partial charge >= 0.3 is 0 Å². The normalized spacial score (nSPS) is 10.5. The van der Waals surface area contributed by atoms with E-state index >= 15 is 0 Å². The van der Waals surface area contributed by atoms with Crippen molar-refractivity contribution in [3.8, 4) is 11.4 Å². The summed E-state index contributed by atoms with van der Waals surface area (Å²) in [6.45, 7) is 1.73. The van der Waals surface area contributed by atoms with E-state index in [9.17, 15) is 9.59 Å². The lowest BCUT2D eigenvalue weighted by molar-refractivity contribution is -0.126. The number of carbonyl (C=O) groups is 2. The third-order valence-corrected chi connectivity index (χ3v) is 4.21. The summed E-state index contributed by atoms with van der Waals surface area (Å²) in [5, 5.41) is 8.96. The van der Waals surface area contributed by atoms with Crippen LogP contribution in [0.25, 0.3) is 11.4 Å². The van der Waals surface area contributed by atoms with Gasteiger partial charge in [-0.05, 0) is 24.3 Å². The van der Waals surface area contributed by atoms with Crippen molar-refractivity contribution in [2.75, 3.05) is 5.75 Å². The summed E-state index contributed by atoms with van der Waals surface area (Å²) in [5.74, 6) is 0.742. The number of hydrazine groups is 1. The van der Waals surface area contributed by atoms with Crippen LogP contribution in [-0.2, 0) is 16.1 Å². The molecule has 0 aromatic carbocycles. The fourth-order valence-corrected chi connectivity index (χ4v) is 2.87. The van der Waals surface area contributed by atoms with Crippen molar-refractivity contribution in [1.29, 1.82) is 0 Å². The number of pyridine rings is 1. The van der Waals surface area contributed by atoms with Gasteiger partial charge in [0, 0.05) is 24.9 Å². The highest BCUT2D eigenvalue weighted by Crippen LogP contribution is 2.24. The van der Waals surface area contributed by atoms with Crippen LogP contribution in [0.3, 0.4) is 0 Å². The minimum atomic E-state index is -0.347. The number of thioether (sulfide) groups is 1. The molecule has 3 aromatic heterocycles. The second-order valence-corrected chi connectivity index (χ2v) is 6.17. The average molecular weight is 372 g/mol. The van der Waals surface area contributed by atoms with Gasteiger partial charge in [-0.3, -0.25) is 30.0 Å². The second kappa shape index (κ2) is 8.30. The molecule has 2 N–H and O–H groups in total. The summed E-state index contributed by atoms with van der Waals surface area (Å²) in [5.41, 5.74) is 5.36. The lowest BCUT2D eigenvalue weighted by Crippen LogP contribution is -2.41. The van der Waals surface area contributed by atoms with E-state index in [4.69, 9.17) is 4.42 Å². The largest absolute Gasteiger partial charge is 0.467 e. The maximum Gasteiger partial charge on any atom is 0.248 e. The molecule has 0 unspecified atom stereocenters. The highest BCUT2D eigenvalue weighted by atomic mass is 32.2. The first-order chi connectivity index (χ1) is 12.6. The third kappa shape index (κ3) is 4.48. The average Bonchev–Trinajstić information content (AvgIpc) is 3.29. The first-order valence-electron chi connectivity index (χ1n) is 7.67. The van der Waals surface area contributed by atoms with Crippen molar-refractivity contribution in [3.63, 3.8) is 0 Å². The van der Waals surface area contributed by atoms with Crippen molar-refractivity contribution in [3.05, 3.63) is 48.7 Å². The van der Waals surface area contributed by atoms with E-state index in [-0.39, 0.29) is 17.6 Å². The number of nitrogens with one attached hydrogen (secondary N) is 2. The molecule has 0 saturated carbocycles. The number of carbonyl (C=O) groups excluding carboxylic acids is 2. The number of amides is 2. The SMILES string of the molecule is CC(=O)NNC(=O)CSc1nnc(-c2cccnc2)n1Cc1ccco1. The Labute approximate surface area is 153 Å². The van der Waals surface area contributed by atoms with Crippen LogP contribution < -0.4 is 10.9 Å². The van der Waals surface area contributed by atoms with Gasteiger partial charge in [-0.15, -0.1) is 10.2 Å². The fraction of sp³-hybridized carbons (Fsp3) is 0.188. The van der Waals surface area contributed by atoms with Gasteiger partial charge in [0.05, 0.1) is 18.6 Å². The molecule has 10 heteroatoms. The van der Waals surface area contributed by atoms with Crippen LogP contribution in [0, 0.1) is 0 Å². The maximum absolute atomic E-state index is 11.8. The Morgan fingerprint density at radius 3 is 2.81 bits per heavy atom. The van der Waals surface area contributed by atoms with Crippen LogP contribution >= 0.6 is 11.8 Å². The van der Waals surface area contributed by atoms with Crippen LogP contribution in [0.4, 0.5) is 0 Å². The standard InChI is InChI=1S/C16H16N6O3S/c1-11(23)18-19-14(24)10-26-16-21-20-15(12-4-2-6-17-8-12)22(16)9-13-5-3-7-25-13/h2-8H,9-10H2,1H3,(H,18,23)(H,19,24). The molecular weight excluding hydrogens is 356 g/mol. The maximum atomic E-state index is 11.8. The number of nitrogens with zero attached hydrogens (tertiary/aromatic N) is 4. The van der Waals surface area contributed by atoms with Crippen LogP contribution in [0.5, 0.6) is 0 Å². The highest BCUT2D eigenvalue weighted by molar-refractivity contribution is 7.99. The van der Waals surface area contributed by atoms with Crippen LogP contribution in [0.1, 0.15) is 12.7 Å². The lowest BCUT2D eigenvalue weighted by atomic mass is 10.2. The molecular formula is C16H16N6O3S. The zero-order chi connectivity index (χ0) is 18.4. The van der Waals surface area contributed by atoms with Gasteiger partial charge < -0.3 is 4.42 Å². The molecule has 0 saturated heterocycles. The van der Waals surface area contributed by atoms with Gasteiger partial charge in [0.1, 0.15) is 5.76 Å². The van der Waals surface area contributed by atoms with Gasteiger partial charge in [0.25, 0.3) is 0 Å². The molecule has 0 radical (unpaired) electrons. The molecule has 0 aliphatic rings. The van der Waals surface area contributed by atoms with Crippen molar-refractivity contribution in [1.82, 2.24) is 30.6 Å². The van der Waals surface area contributed by atoms with E-state index in [1.54, 1.807) is 24.7 Å². The quantitative estimate of drug-likeness (QED) is 0.494. The van der Waals surface area contributed by atoms with E-state index < -0.39 is 0 Å². The summed E-state index contributed by atoms with van der Waals surface area (Å²) in [6.07, 6.45) is 4.97. The molecule has 134 valence electrons. The van der Waals surface area contributed by atoms with E-state index in [1.165, 1.54) is 18.7 Å². The van der Waals surface area contributed by atoms with Crippen molar-refractivity contribution < 1.29 is 14.0 Å². The van der Waals surface area contributed by atoms with Crippen molar-refractivity contribution >= 4 is 23.6 Å². The van der Waals surface area contributed by atoms with Gasteiger partial charge in [-0.2, -0.15) is 0 Å². The Morgan fingerprint density at radius 1 is 1.23 bits per heavy atom. The minimum Gasteiger partial charge on any atom is -0.467 e. The fourth-order valence-electron chi connectivity index (χ4n) is 2.13. The van der Waals surface area contributed by atoms with E-state index in [1.807, 2.05) is 22.8 Å². The summed E-state index contributed by atoms with van der Waals surface area (Å²) < 4.78 is 7.27. The summed E-state index contributed by atoms with van der Waals surface area (Å²) in [7, 11) is 0. The van der Waals surface area contributed by atoms with Gasteiger partial charge in [0.15, 0.2) is 11.0 Å². The zero-order valence-corrected chi connectivity index (χ0v) is 14.7. The lowest BCUT2D eigenvalue weighted by Gasteiger charge is -2.09. The molecule has 3 heterocycles. The predicted molar refractivity (Wildman–Crippen MR) is 93.7 cm³/mol. The molecule has 0 bridgehead atoms. The second-order valence-electron chi connectivity index (χ2n) is 5.23. The number of aromatic nitrogens is 4. The zero-order valence-electron chi connectivity index (χ0n) is 13.9. The van der Waals surface area contributed by atoms with Crippen molar-refractivity contribution in [2.24, 2.45) is 0 Å². The summed E-state index contributed by atoms with van der Waals surface area (Å²) >= 11 is 1.21. The minimum absolute atomic E-state index is 0.0730. The number of hydrogen-bond acceptors (Lipinski definition) is 7. The highest BCUT2D eigenvalue weighted by Gasteiger charge is 2.17. The molecule has 0 atom stereocenters. The molecule has 0 aliphatic heterocycles. The molecule has 2 amide bonds. The smallest absolute Gasteiger partial charge is 0.248 e. The Balaban J connectivity index is 1.79. The number of rotatable bonds is 6. The topological polar surface area (TPSA) is 115 Å². The first kappa shape index (κ1) is 17.7. The monoisotopic (exact) mass is 372 g/mol. The van der Waals surface area contributed by atoms with E-state index in [2.05, 4.69) is 26.0 Å². The molecule has 3 aromatic rings. The number of hydrogen-bond donors (Lipinski definition) is 2. The molecule has 0 aliphatic carbocycles. The van der Waals surface area contributed by atoms with Crippen LogP contribution in [0.15, 0.2) is 52.5 Å². The number of furan rings is 1. The Bertz CT molecular complexity index is 879. The third-order valence-electron chi connectivity index (χ3n) is 3.24. The van der Waals surface area contributed by atoms with Crippen LogP contribution in [-0.4, -0.2) is 37.3 Å². The Morgan fingerprint density at radius 2 is 2.12 bits per heavy atom. The summed E-state index contributed by atoms with van der Waals surface area (Å²) in [6, 6.07) is 7.35. The predicted octanol–water partition coefficient (Wildman–Crippen LogP) is 1.24. The Hall–Kier alpha value is -3.14. The van der Waals surface area contributed by atoms with E-state index in [0.29, 0.717) is 17.5 Å². The van der Waals surface area contributed by atoms with E-state index in [0.717, 1.165) is 11.3 Å². The molecule has 26 heavy (non-hydrogen) atoms. The molecule has 0 fully saturated rings.